The first-order valence-electron chi connectivity index (χ1n) is 18.1. The third-order valence-electron chi connectivity index (χ3n) is 10.7. The maximum atomic E-state index is 6.81. The van der Waals surface area contributed by atoms with Crippen molar-refractivity contribution >= 4 is 82.4 Å². The quantitative estimate of drug-likeness (QED) is 0.169. The molecule has 3 nitrogen and oxygen atoms in total. The van der Waals surface area contributed by atoms with Crippen LogP contribution in [0.5, 0.6) is 0 Å². The fourth-order valence-electron chi connectivity index (χ4n) is 8.43. The zero-order chi connectivity index (χ0) is 34.9. The number of nitrogens with zero attached hydrogens (tertiary/aromatic N) is 2. The van der Waals surface area contributed by atoms with Crippen LogP contribution in [0.15, 0.2) is 199 Å². The van der Waals surface area contributed by atoms with E-state index in [0.717, 1.165) is 61.3 Å². The molecule has 2 heterocycles. The lowest BCUT2D eigenvalue weighted by Crippen LogP contribution is -2.11. The Labute approximate surface area is 306 Å². The average molecular weight is 677 g/mol. The van der Waals surface area contributed by atoms with Gasteiger partial charge in [0, 0.05) is 33.1 Å². The highest BCUT2D eigenvalue weighted by Gasteiger charge is 2.25. The minimum absolute atomic E-state index is 0.871. The predicted molar refractivity (Wildman–Crippen MR) is 223 cm³/mol. The van der Waals surface area contributed by atoms with Gasteiger partial charge in [0.05, 0.1) is 27.8 Å². The third-order valence-corrected chi connectivity index (χ3v) is 10.7. The van der Waals surface area contributed by atoms with Gasteiger partial charge in [-0.1, -0.05) is 133 Å². The Balaban J connectivity index is 1.27. The second-order valence-corrected chi connectivity index (χ2v) is 13.7. The first-order valence-corrected chi connectivity index (χ1v) is 18.1. The van der Waals surface area contributed by atoms with E-state index in [1.807, 2.05) is 0 Å². The van der Waals surface area contributed by atoms with Crippen LogP contribution in [0, 0.1) is 0 Å². The van der Waals surface area contributed by atoms with E-state index in [9.17, 15) is 0 Å². The summed E-state index contributed by atoms with van der Waals surface area (Å²) in [4.78, 5) is 2.46. The number of hydrogen-bond acceptors (Lipinski definition) is 2. The van der Waals surface area contributed by atoms with Gasteiger partial charge in [-0.2, -0.15) is 0 Å². The first kappa shape index (κ1) is 29.6. The van der Waals surface area contributed by atoms with Crippen LogP contribution in [0.4, 0.5) is 17.1 Å². The van der Waals surface area contributed by atoms with Crippen molar-refractivity contribution in [1.82, 2.24) is 4.57 Å². The Morgan fingerprint density at radius 3 is 1.94 bits per heavy atom. The van der Waals surface area contributed by atoms with E-state index in [1.54, 1.807) is 0 Å². The standard InChI is InChI=1S/C50H32N2O/c1-3-14-33(15-4-1)40-30-31-46(49-42-21-10-12-25-47(42)53-50(40)49)52(37-28-29-39-35(32-37)27-26-34-16-7-8-19-38(34)39)45-24-13-23-44-48(45)41-20-9-11-22-43(41)51(44)36-17-5-2-6-18-36/h1-32H. The molecule has 0 bridgehead atoms. The van der Waals surface area contributed by atoms with Crippen molar-refractivity contribution in [3.05, 3.63) is 194 Å². The van der Waals surface area contributed by atoms with Gasteiger partial charge in [0.25, 0.3) is 0 Å². The van der Waals surface area contributed by atoms with Gasteiger partial charge < -0.3 is 13.9 Å². The first-order chi connectivity index (χ1) is 26.3. The molecule has 248 valence electrons. The maximum absolute atomic E-state index is 6.81. The van der Waals surface area contributed by atoms with E-state index in [-0.39, 0.29) is 0 Å². The van der Waals surface area contributed by atoms with Crippen molar-refractivity contribution in [2.45, 2.75) is 0 Å². The molecule has 0 unspecified atom stereocenters. The number of hydrogen-bond donors (Lipinski definition) is 0. The van der Waals surface area contributed by atoms with E-state index in [1.165, 1.54) is 37.8 Å². The second kappa shape index (κ2) is 11.7. The van der Waals surface area contributed by atoms with Crippen molar-refractivity contribution < 1.29 is 4.42 Å². The van der Waals surface area contributed by atoms with Crippen LogP contribution in [0.25, 0.3) is 82.1 Å². The largest absolute Gasteiger partial charge is 0.455 e. The lowest BCUT2D eigenvalue weighted by Gasteiger charge is -2.28. The molecule has 53 heavy (non-hydrogen) atoms. The van der Waals surface area contributed by atoms with Gasteiger partial charge in [0.1, 0.15) is 11.2 Å². The summed E-state index contributed by atoms with van der Waals surface area (Å²) >= 11 is 0. The molecule has 11 aromatic rings. The predicted octanol–water partition coefficient (Wildman–Crippen LogP) is 14.1. The maximum Gasteiger partial charge on any atom is 0.145 e. The molecule has 0 aliphatic carbocycles. The molecule has 9 aromatic carbocycles. The Morgan fingerprint density at radius 1 is 0.415 bits per heavy atom. The van der Waals surface area contributed by atoms with Crippen molar-refractivity contribution in [2.24, 2.45) is 0 Å². The Bertz CT molecular complexity index is 3160. The normalized spacial score (nSPS) is 11.8. The number of benzene rings is 9. The molecule has 0 saturated carbocycles. The molecule has 0 N–H and O–H groups in total. The zero-order valence-corrected chi connectivity index (χ0v) is 28.8. The van der Waals surface area contributed by atoms with Crippen LogP contribution in [0.3, 0.4) is 0 Å². The van der Waals surface area contributed by atoms with E-state index >= 15 is 0 Å². The molecular formula is C50H32N2O. The summed E-state index contributed by atoms with van der Waals surface area (Å²) in [5.41, 5.74) is 10.7. The summed E-state index contributed by atoms with van der Waals surface area (Å²) in [6.45, 7) is 0. The molecule has 0 aliphatic rings. The van der Waals surface area contributed by atoms with Gasteiger partial charge in [-0.05, 0) is 87.8 Å². The molecule has 0 spiro atoms. The van der Waals surface area contributed by atoms with Gasteiger partial charge in [0.15, 0.2) is 0 Å². The minimum atomic E-state index is 0.871. The van der Waals surface area contributed by atoms with Crippen molar-refractivity contribution in [1.29, 1.82) is 0 Å². The van der Waals surface area contributed by atoms with Crippen molar-refractivity contribution in [2.75, 3.05) is 4.90 Å². The summed E-state index contributed by atoms with van der Waals surface area (Å²) < 4.78 is 9.20. The molecule has 0 radical (unpaired) electrons. The van der Waals surface area contributed by atoms with Crippen LogP contribution < -0.4 is 4.90 Å². The summed E-state index contributed by atoms with van der Waals surface area (Å²) in [7, 11) is 0. The highest BCUT2D eigenvalue weighted by molar-refractivity contribution is 6.21. The van der Waals surface area contributed by atoms with Crippen molar-refractivity contribution in [3.8, 4) is 16.8 Å². The van der Waals surface area contributed by atoms with Gasteiger partial charge in [-0.15, -0.1) is 0 Å². The van der Waals surface area contributed by atoms with Crippen LogP contribution in [-0.4, -0.2) is 4.57 Å². The van der Waals surface area contributed by atoms with Crippen LogP contribution >= 0.6 is 0 Å². The molecule has 0 aliphatic heterocycles. The Kier molecular flexibility index (Phi) is 6.55. The van der Waals surface area contributed by atoms with Crippen LogP contribution in [-0.2, 0) is 0 Å². The number of anilines is 3. The molecule has 2 aromatic heterocycles. The molecule has 0 fully saturated rings. The second-order valence-electron chi connectivity index (χ2n) is 13.7. The van der Waals surface area contributed by atoms with Gasteiger partial charge in [0.2, 0.25) is 0 Å². The number of para-hydroxylation sites is 3. The molecule has 0 amide bonds. The van der Waals surface area contributed by atoms with Crippen LogP contribution in [0.2, 0.25) is 0 Å². The SMILES string of the molecule is c1ccc(-c2ccc(N(c3ccc4c(ccc5ccccc54)c3)c3cccc4c3c3ccccc3n4-c3ccccc3)c3c2oc2ccccc23)cc1. The van der Waals surface area contributed by atoms with E-state index < -0.39 is 0 Å². The zero-order valence-electron chi connectivity index (χ0n) is 28.8. The average Bonchev–Trinajstić information content (AvgIpc) is 3.79. The molecule has 3 heteroatoms. The summed E-state index contributed by atoms with van der Waals surface area (Å²) in [5, 5.41) is 9.50. The lowest BCUT2D eigenvalue weighted by molar-refractivity contribution is 0.670. The van der Waals surface area contributed by atoms with Gasteiger partial charge in [-0.25, -0.2) is 0 Å². The topological polar surface area (TPSA) is 21.3 Å². The highest BCUT2D eigenvalue weighted by Crippen LogP contribution is 2.49. The molecule has 11 rings (SSSR count). The number of furan rings is 1. The highest BCUT2D eigenvalue weighted by atomic mass is 16.3. The van der Waals surface area contributed by atoms with Gasteiger partial charge in [-0.3, -0.25) is 0 Å². The van der Waals surface area contributed by atoms with Gasteiger partial charge >= 0.3 is 0 Å². The van der Waals surface area contributed by atoms with E-state index in [4.69, 9.17) is 4.42 Å². The third kappa shape index (κ3) is 4.54. The minimum Gasteiger partial charge on any atom is -0.455 e. The number of aromatic nitrogens is 1. The monoisotopic (exact) mass is 676 g/mol. The lowest BCUT2D eigenvalue weighted by atomic mass is 9.98. The van der Waals surface area contributed by atoms with Crippen molar-refractivity contribution in [3.63, 3.8) is 0 Å². The Hall–Kier alpha value is -7.10. The van der Waals surface area contributed by atoms with Crippen LogP contribution in [0.1, 0.15) is 0 Å². The smallest absolute Gasteiger partial charge is 0.145 e. The molecule has 0 atom stereocenters. The summed E-state index contributed by atoms with van der Waals surface area (Å²) in [5.74, 6) is 0. The molecule has 0 saturated heterocycles. The fourth-order valence-corrected chi connectivity index (χ4v) is 8.43. The fraction of sp³-hybridized carbons (Fsp3) is 0. The Morgan fingerprint density at radius 2 is 1.08 bits per heavy atom. The van der Waals surface area contributed by atoms with E-state index in [0.29, 0.717) is 0 Å². The molecular weight excluding hydrogens is 645 g/mol. The summed E-state index contributed by atoms with van der Waals surface area (Å²) in [6.07, 6.45) is 0. The summed E-state index contributed by atoms with van der Waals surface area (Å²) in [6, 6.07) is 69.7. The van der Waals surface area contributed by atoms with E-state index in [2.05, 4.69) is 204 Å². The number of rotatable bonds is 5. The number of fused-ring (bicyclic) bond motifs is 9.